The average molecular weight is 320 g/mol. The Morgan fingerprint density at radius 1 is 1.47 bits per heavy atom. The third-order valence-electron chi connectivity index (χ3n) is 3.83. The SMILES string of the molecule is Cc1c(-c2cccc(Br)c2)cnn1CC1CCNC1. The molecule has 1 aliphatic rings. The maximum Gasteiger partial charge on any atom is 0.0571 e. The lowest BCUT2D eigenvalue weighted by Crippen LogP contribution is -2.16. The number of aromatic nitrogens is 2. The van der Waals surface area contributed by atoms with Crippen molar-refractivity contribution in [2.75, 3.05) is 13.1 Å². The first-order valence-electron chi connectivity index (χ1n) is 6.73. The maximum absolute atomic E-state index is 4.56. The lowest BCUT2D eigenvalue weighted by molar-refractivity contribution is 0.443. The summed E-state index contributed by atoms with van der Waals surface area (Å²) in [5.74, 6) is 0.717. The Morgan fingerprint density at radius 2 is 2.37 bits per heavy atom. The van der Waals surface area contributed by atoms with Crippen molar-refractivity contribution >= 4 is 15.9 Å². The lowest BCUT2D eigenvalue weighted by atomic mass is 10.1. The van der Waals surface area contributed by atoms with Crippen LogP contribution in [0.3, 0.4) is 0 Å². The highest BCUT2D eigenvalue weighted by Gasteiger charge is 2.17. The summed E-state index contributed by atoms with van der Waals surface area (Å²) in [4.78, 5) is 0. The highest BCUT2D eigenvalue weighted by Crippen LogP contribution is 2.26. The van der Waals surface area contributed by atoms with Crippen LogP contribution in [-0.2, 0) is 6.54 Å². The molecule has 0 aliphatic carbocycles. The van der Waals surface area contributed by atoms with E-state index in [1.165, 1.54) is 23.2 Å². The van der Waals surface area contributed by atoms with Crippen LogP contribution in [0.2, 0.25) is 0 Å². The van der Waals surface area contributed by atoms with Gasteiger partial charge >= 0.3 is 0 Å². The van der Waals surface area contributed by atoms with Crippen molar-refractivity contribution in [2.45, 2.75) is 19.9 Å². The van der Waals surface area contributed by atoms with Gasteiger partial charge in [0.25, 0.3) is 0 Å². The Morgan fingerprint density at radius 3 is 3.11 bits per heavy atom. The number of halogens is 1. The molecule has 1 atom stereocenters. The standard InChI is InChI=1S/C15H18BrN3/c1-11-15(13-3-2-4-14(16)7-13)9-18-19(11)10-12-5-6-17-8-12/h2-4,7,9,12,17H,5-6,8,10H2,1H3. The minimum atomic E-state index is 0.717. The number of nitrogens with one attached hydrogen (secondary N) is 1. The summed E-state index contributed by atoms with van der Waals surface area (Å²) in [5, 5.41) is 7.97. The van der Waals surface area contributed by atoms with Crippen LogP contribution in [0.25, 0.3) is 11.1 Å². The average Bonchev–Trinajstić information content (AvgIpc) is 3.01. The van der Waals surface area contributed by atoms with Crippen molar-refractivity contribution in [1.29, 1.82) is 0 Å². The van der Waals surface area contributed by atoms with Gasteiger partial charge in [-0.3, -0.25) is 4.68 Å². The highest BCUT2D eigenvalue weighted by molar-refractivity contribution is 9.10. The Balaban J connectivity index is 1.85. The van der Waals surface area contributed by atoms with Crippen LogP contribution in [0, 0.1) is 12.8 Å². The van der Waals surface area contributed by atoms with Crippen LogP contribution in [0.4, 0.5) is 0 Å². The molecule has 100 valence electrons. The van der Waals surface area contributed by atoms with E-state index in [1.54, 1.807) is 0 Å². The molecular weight excluding hydrogens is 302 g/mol. The summed E-state index contributed by atoms with van der Waals surface area (Å²) in [5.41, 5.74) is 3.71. The fourth-order valence-corrected chi connectivity index (χ4v) is 3.08. The molecule has 0 spiro atoms. The molecule has 1 N–H and O–H groups in total. The molecule has 2 aromatic rings. The van der Waals surface area contributed by atoms with Crippen molar-refractivity contribution in [3.8, 4) is 11.1 Å². The van der Waals surface area contributed by atoms with Crippen LogP contribution in [0.5, 0.6) is 0 Å². The van der Waals surface area contributed by atoms with E-state index in [0.29, 0.717) is 5.92 Å². The Kier molecular flexibility index (Phi) is 3.71. The minimum absolute atomic E-state index is 0.717. The molecule has 4 heteroatoms. The quantitative estimate of drug-likeness (QED) is 0.941. The van der Waals surface area contributed by atoms with Crippen LogP contribution in [0.1, 0.15) is 12.1 Å². The van der Waals surface area contributed by atoms with Gasteiger partial charge in [0, 0.05) is 22.3 Å². The Labute approximate surface area is 122 Å². The number of rotatable bonds is 3. The van der Waals surface area contributed by atoms with Gasteiger partial charge in [-0.05, 0) is 50.0 Å². The van der Waals surface area contributed by atoms with E-state index in [1.807, 2.05) is 12.3 Å². The van der Waals surface area contributed by atoms with Gasteiger partial charge in [-0.2, -0.15) is 5.10 Å². The molecule has 1 unspecified atom stereocenters. The van der Waals surface area contributed by atoms with E-state index in [4.69, 9.17) is 0 Å². The second-order valence-electron chi connectivity index (χ2n) is 5.19. The molecule has 19 heavy (non-hydrogen) atoms. The van der Waals surface area contributed by atoms with Gasteiger partial charge < -0.3 is 5.32 Å². The number of hydrogen-bond donors (Lipinski definition) is 1. The van der Waals surface area contributed by atoms with Crippen molar-refractivity contribution in [3.63, 3.8) is 0 Å². The third-order valence-corrected chi connectivity index (χ3v) is 4.33. The van der Waals surface area contributed by atoms with Gasteiger partial charge in [0.2, 0.25) is 0 Å². The normalized spacial score (nSPS) is 18.9. The van der Waals surface area contributed by atoms with Gasteiger partial charge in [0.05, 0.1) is 6.20 Å². The summed E-state index contributed by atoms with van der Waals surface area (Å²) in [6.45, 7) is 5.44. The second-order valence-corrected chi connectivity index (χ2v) is 6.11. The van der Waals surface area contributed by atoms with E-state index in [2.05, 4.69) is 56.2 Å². The molecule has 1 aromatic heterocycles. The number of nitrogens with zero attached hydrogens (tertiary/aromatic N) is 2. The zero-order valence-corrected chi connectivity index (χ0v) is 12.7. The van der Waals surface area contributed by atoms with Crippen LogP contribution in [-0.4, -0.2) is 22.9 Å². The molecule has 1 saturated heterocycles. The van der Waals surface area contributed by atoms with Gasteiger partial charge in [0.1, 0.15) is 0 Å². The van der Waals surface area contributed by atoms with Crippen LogP contribution < -0.4 is 5.32 Å². The van der Waals surface area contributed by atoms with E-state index in [9.17, 15) is 0 Å². The third kappa shape index (κ3) is 2.74. The van der Waals surface area contributed by atoms with Crippen molar-refractivity contribution in [1.82, 2.24) is 15.1 Å². The molecule has 0 radical (unpaired) electrons. The summed E-state index contributed by atoms with van der Waals surface area (Å²) in [6.07, 6.45) is 3.24. The Bertz CT molecular complexity index is 571. The Hall–Kier alpha value is -1.13. The lowest BCUT2D eigenvalue weighted by Gasteiger charge is -2.10. The maximum atomic E-state index is 4.56. The van der Waals surface area contributed by atoms with E-state index in [0.717, 1.165) is 24.1 Å². The first-order chi connectivity index (χ1) is 9.24. The van der Waals surface area contributed by atoms with E-state index in [-0.39, 0.29) is 0 Å². The van der Waals surface area contributed by atoms with E-state index >= 15 is 0 Å². The molecule has 2 heterocycles. The molecule has 0 saturated carbocycles. The van der Waals surface area contributed by atoms with Gasteiger partial charge in [-0.25, -0.2) is 0 Å². The molecule has 1 fully saturated rings. The second kappa shape index (κ2) is 5.47. The molecule has 3 rings (SSSR count). The van der Waals surface area contributed by atoms with Crippen molar-refractivity contribution in [2.24, 2.45) is 5.92 Å². The number of hydrogen-bond acceptors (Lipinski definition) is 2. The minimum Gasteiger partial charge on any atom is -0.316 e. The molecule has 1 aromatic carbocycles. The monoisotopic (exact) mass is 319 g/mol. The summed E-state index contributed by atoms with van der Waals surface area (Å²) >= 11 is 3.53. The molecule has 0 amide bonds. The summed E-state index contributed by atoms with van der Waals surface area (Å²) < 4.78 is 3.26. The zero-order valence-electron chi connectivity index (χ0n) is 11.1. The number of benzene rings is 1. The topological polar surface area (TPSA) is 29.9 Å². The fourth-order valence-electron chi connectivity index (χ4n) is 2.68. The van der Waals surface area contributed by atoms with Crippen molar-refractivity contribution in [3.05, 3.63) is 40.6 Å². The van der Waals surface area contributed by atoms with Gasteiger partial charge in [-0.15, -0.1) is 0 Å². The largest absolute Gasteiger partial charge is 0.316 e. The van der Waals surface area contributed by atoms with Crippen LogP contribution in [0.15, 0.2) is 34.9 Å². The smallest absolute Gasteiger partial charge is 0.0571 e. The van der Waals surface area contributed by atoms with Gasteiger partial charge in [0.15, 0.2) is 0 Å². The van der Waals surface area contributed by atoms with E-state index < -0.39 is 0 Å². The fraction of sp³-hybridized carbons (Fsp3) is 0.400. The van der Waals surface area contributed by atoms with Gasteiger partial charge in [-0.1, -0.05) is 28.1 Å². The predicted molar refractivity (Wildman–Crippen MR) is 81.1 cm³/mol. The molecular formula is C15H18BrN3. The highest BCUT2D eigenvalue weighted by atomic mass is 79.9. The van der Waals surface area contributed by atoms with Crippen molar-refractivity contribution < 1.29 is 0 Å². The van der Waals surface area contributed by atoms with Crippen LogP contribution >= 0.6 is 15.9 Å². The first kappa shape index (κ1) is 12.9. The summed E-state index contributed by atoms with van der Waals surface area (Å²) in [6, 6.07) is 8.40. The summed E-state index contributed by atoms with van der Waals surface area (Å²) in [7, 11) is 0. The zero-order chi connectivity index (χ0) is 13.2. The predicted octanol–water partition coefficient (Wildman–Crippen LogP) is 3.23. The molecule has 0 bridgehead atoms. The molecule has 1 aliphatic heterocycles. The molecule has 3 nitrogen and oxygen atoms in total. The first-order valence-corrected chi connectivity index (χ1v) is 7.52.